The highest BCUT2D eigenvalue weighted by atomic mass is 16.5. The molecule has 2 rings (SSSR count). The van der Waals surface area contributed by atoms with Crippen molar-refractivity contribution in [2.24, 2.45) is 5.92 Å². The quantitative estimate of drug-likeness (QED) is 0.788. The Kier molecular flexibility index (Phi) is 6.02. The van der Waals surface area contributed by atoms with Crippen LogP contribution in [0.15, 0.2) is 24.3 Å². The molecular formula is C18H27NO4. The van der Waals surface area contributed by atoms with Crippen LogP contribution in [0.4, 0.5) is 0 Å². The minimum atomic E-state index is -0.869. The molecule has 2 N–H and O–H groups in total. The molecule has 23 heavy (non-hydrogen) atoms. The van der Waals surface area contributed by atoms with E-state index in [1.807, 2.05) is 0 Å². The number of hydrogen-bond donors (Lipinski definition) is 2. The lowest BCUT2D eigenvalue weighted by molar-refractivity contribution is -0.0888. The maximum atomic E-state index is 11.7. The SMILES string of the molecule is CCOC(=O)c1ccc(O[C@H]2CCNC[C@@]2(O)CC(C)C)cc1. The molecule has 0 aromatic heterocycles. The van der Waals surface area contributed by atoms with E-state index in [2.05, 4.69) is 19.2 Å². The van der Waals surface area contributed by atoms with Crippen LogP contribution in [0, 0.1) is 5.92 Å². The van der Waals surface area contributed by atoms with Crippen molar-refractivity contribution in [1.82, 2.24) is 5.32 Å². The van der Waals surface area contributed by atoms with Crippen molar-refractivity contribution in [2.75, 3.05) is 19.7 Å². The highest BCUT2D eigenvalue weighted by Gasteiger charge is 2.41. The third-order valence-electron chi connectivity index (χ3n) is 4.02. The summed E-state index contributed by atoms with van der Waals surface area (Å²) < 4.78 is 11.0. The number of aliphatic hydroxyl groups is 1. The monoisotopic (exact) mass is 321 g/mol. The van der Waals surface area contributed by atoms with Gasteiger partial charge in [0.15, 0.2) is 0 Å². The van der Waals surface area contributed by atoms with E-state index in [0.29, 0.717) is 36.8 Å². The molecule has 128 valence electrons. The van der Waals surface area contributed by atoms with E-state index in [1.165, 1.54) is 0 Å². The number of β-amino-alcohol motifs (C(OH)–C–C–N with tert-alkyl or cyclic N) is 1. The Morgan fingerprint density at radius 3 is 2.70 bits per heavy atom. The molecule has 0 spiro atoms. The second-order valence-electron chi connectivity index (χ2n) is 6.52. The Labute approximate surface area is 138 Å². The van der Waals surface area contributed by atoms with Crippen LogP contribution in [0.25, 0.3) is 0 Å². The summed E-state index contributed by atoms with van der Waals surface area (Å²) in [5.74, 6) is 0.710. The van der Waals surface area contributed by atoms with Crippen LogP contribution in [0.1, 0.15) is 44.0 Å². The zero-order chi connectivity index (χ0) is 16.9. The summed E-state index contributed by atoms with van der Waals surface area (Å²) in [6, 6.07) is 6.89. The van der Waals surface area contributed by atoms with Gasteiger partial charge in [0.05, 0.1) is 12.2 Å². The predicted molar refractivity (Wildman–Crippen MR) is 88.7 cm³/mol. The number of esters is 1. The second kappa shape index (κ2) is 7.79. The summed E-state index contributed by atoms with van der Waals surface area (Å²) in [7, 11) is 0. The fourth-order valence-corrected chi connectivity index (χ4v) is 3.05. The van der Waals surface area contributed by atoms with Crippen LogP contribution in [0.3, 0.4) is 0 Å². The first kappa shape index (κ1) is 17.8. The molecule has 1 heterocycles. The van der Waals surface area contributed by atoms with Crippen molar-refractivity contribution in [3.05, 3.63) is 29.8 Å². The number of nitrogens with one attached hydrogen (secondary N) is 1. The van der Waals surface area contributed by atoms with Crippen molar-refractivity contribution in [1.29, 1.82) is 0 Å². The first-order chi connectivity index (χ1) is 10.9. The Morgan fingerprint density at radius 2 is 2.09 bits per heavy atom. The van der Waals surface area contributed by atoms with Crippen molar-refractivity contribution < 1.29 is 19.4 Å². The van der Waals surface area contributed by atoms with Crippen LogP contribution >= 0.6 is 0 Å². The minimum absolute atomic E-state index is 0.250. The predicted octanol–water partition coefficient (Wildman–Crippen LogP) is 2.38. The zero-order valence-electron chi connectivity index (χ0n) is 14.2. The van der Waals surface area contributed by atoms with Gasteiger partial charge >= 0.3 is 5.97 Å². The van der Waals surface area contributed by atoms with Crippen LogP contribution in [-0.2, 0) is 4.74 Å². The third kappa shape index (κ3) is 4.69. The molecule has 0 bridgehead atoms. The van der Waals surface area contributed by atoms with Gasteiger partial charge in [0, 0.05) is 6.54 Å². The number of hydrogen-bond acceptors (Lipinski definition) is 5. The van der Waals surface area contributed by atoms with Gasteiger partial charge in [0.1, 0.15) is 17.5 Å². The third-order valence-corrected chi connectivity index (χ3v) is 4.02. The van der Waals surface area contributed by atoms with Crippen LogP contribution in [-0.4, -0.2) is 42.5 Å². The number of benzene rings is 1. The fraction of sp³-hybridized carbons (Fsp3) is 0.611. The highest BCUT2D eigenvalue weighted by Crippen LogP contribution is 2.29. The standard InChI is InChI=1S/C18H27NO4/c1-4-22-17(20)14-5-7-15(8-6-14)23-16-9-10-19-12-18(16,21)11-13(2)3/h5-8,13,16,19,21H,4,9-12H2,1-3H3/t16-,18-/m0/s1. The van der Waals surface area contributed by atoms with E-state index in [1.54, 1.807) is 31.2 Å². The summed E-state index contributed by atoms with van der Waals surface area (Å²) in [5, 5.41) is 14.2. The van der Waals surface area contributed by atoms with E-state index in [4.69, 9.17) is 9.47 Å². The van der Waals surface area contributed by atoms with E-state index in [0.717, 1.165) is 13.0 Å². The molecule has 5 nitrogen and oxygen atoms in total. The van der Waals surface area contributed by atoms with Gasteiger partial charge in [0.25, 0.3) is 0 Å². The molecule has 1 aromatic carbocycles. The number of carbonyl (C=O) groups excluding carboxylic acids is 1. The average Bonchev–Trinajstić information content (AvgIpc) is 2.50. The van der Waals surface area contributed by atoms with Gasteiger partial charge in [-0.05, 0) is 56.5 Å². The maximum Gasteiger partial charge on any atom is 0.338 e. The largest absolute Gasteiger partial charge is 0.487 e. The number of ether oxygens (including phenoxy) is 2. The zero-order valence-corrected chi connectivity index (χ0v) is 14.2. The second-order valence-corrected chi connectivity index (χ2v) is 6.52. The van der Waals surface area contributed by atoms with Gasteiger partial charge in [-0.3, -0.25) is 0 Å². The van der Waals surface area contributed by atoms with Gasteiger partial charge in [-0.2, -0.15) is 0 Å². The molecule has 0 aliphatic carbocycles. The van der Waals surface area contributed by atoms with Gasteiger partial charge in [-0.25, -0.2) is 4.79 Å². The Hall–Kier alpha value is -1.59. The fourth-order valence-electron chi connectivity index (χ4n) is 3.05. The summed E-state index contributed by atoms with van der Waals surface area (Å²) in [6.45, 7) is 7.69. The smallest absolute Gasteiger partial charge is 0.338 e. The first-order valence-electron chi connectivity index (χ1n) is 8.31. The van der Waals surface area contributed by atoms with E-state index in [9.17, 15) is 9.90 Å². The minimum Gasteiger partial charge on any atom is -0.487 e. The van der Waals surface area contributed by atoms with Gasteiger partial charge in [-0.15, -0.1) is 0 Å². The molecule has 2 atom stereocenters. The lowest BCUT2D eigenvalue weighted by Gasteiger charge is -2.41. The summed E-state index contributed by atoms with van der Waals surface area (Å²) in [5.41, 5.74) is -0.367. The summed E-state index contributed by atoms with van der Waals surface area (Å²) in [4.78, 5) is 11.7. The van der Waals surface area contributed by atoms with Crippen LogP contribution < -0.4 is 10.1 Å². The molecule has 0 saturated carbocycles. The molecule has 0 amide bonds. The van der Waals surface area contributed by atoms with E-state index in [-0.39, 0.29) is 12.1 Å². The summed E-state index contributed by atoms with van der Waals surface area (Å²) in [6.07, 6.45) is 1.19. The lowest BCUT2D eigenvalue weighted by atomic mass is 9.83. The molecule has 0 radical (unpaired) electrons. The number of carbonyl (C=O) groups is 1. The Bertz CT molecular complexity index is 514. The molecule has 5 heteroatoms. The van der Waals surface area contributed by atoms with Crippen molar-refractivity contribution in [2.45, 2.75) is 45.3 Å². The van der Waals surface area contributed by atoms with Crippen LogP contribution in [0.5, 0.6) is 5.75 Å². The summed E-state index contributed by atoms with van der Waals surface area (Å²) >= 11 is 0. The van der Waals surface area contributed by atoms with E-state index >= 15 is 0 Å². The normalized spacial score (nSPS) is 24.5. The Morgan fingerprint density at radius 1 is 1.39 bits per heavy atom. The topological polar surface area (TPSA) is 67.8 Å². The molecule has 0 unspecified atom stereocenters. The maximum absolute atomic E-state index is 11.7. The van der Waals surface area contributed by atoms with Gasteiger partial charge < -0.3 is 19.9 Å². The van der Waals surface area contributed by atoms with Crippen LogP contribution in [0.2, 0.25) is 0 Å². The average molecular weight is 321 g/mol. The molecular weight excluding hydrogens is 294 g/mol. The lowest BCUT2D eigenvalue weighted by Crippen LogP contribution is -2.58. The first-order valence-corrected chi connectivity index (χ1v) is 8.31. The highest BCUT2D eigenvalue weighted by molar-refractivity contribution is 5.89. The van der Waals surface area contributed by atoms with Crippen molar-refractivity contribution in [3.63, 3.8) is 0 Å². The van der Waals surface area contributed by atoms with Gasteiger partial charge in [-0.1, -0.05) is 13.8 Å². The Balaban J connectivity index is 2.06. The number of piperidine rings is 1. The number of rotatable bonds is 6. The molecule has 1 fully saturated rings. The van der Waals surface area contributed by atoms with Crippen molar-refractivity contribution in [3.8, 4) is 5.75 Å². The van der Waals surface area contributed by atoms with Gasteiger partial charge in [0.2, 0.25) is 0 Å². The molecule has 1 aliphatic heterocycles. The molecule has 1 aromatic rings. The van der Waals surface area contributed by atoms with E-state index < -0.39 is 5.60 Å². The van der Waals surface area contributed by atoms with Crippen molar-refractivity contribution >= 4 is 5.97 Å². The molecule has 1 saturated heterocycles. The molecule has 1 aliphatic rings.